The van der Waals surface area contributed by atoms with Crippen LogP contribution < -0.4 is 5.32 Å². The molecule has 0 aliphatic heterocycles. The van der Waals surface area contributed by atoms with Crippen molar-refractivity contribution >= 4 is 56.5 Å². The second kappa shape index (κ2) is 7.81. The number of carbonyl (C=O) groups excluding carboxylic acids is 1. The van der Waals surface area contributed by atoms with E-state index in [1.54, 1.807) is 35.2 Å². The van der Waals surface area contributed by atoms with Gasteiger partial charge in [-0.1, -0.05) is 47.6 Å². The summed E-state index contributed by atoms with van der Waals surface area (Å²) in [6.07, 6.45) is 1.28. The molecule has 3 rings (SSSR count). The van der Waals surface area contributed by atoms with Crippen molar-refractivity contribution < 1.29 is 4.79 Å². The molecular formula is C17H15ClN2OS2. The van der Waals surface area contributed by atoms with Crippen LogP contribution in [0.1, 0.15) is 12.8 Å². The van der Waals surface area contributed by atoms with Gasteiger partial charge in [-0.05, 0) is 30.7 Å². The number of nitrogens with zero attached hydrogens (tertiary/aromatic N) is 1. The van der Waals surface area contributed by atoms with E-state index < -0.39 is 0 Å². The van der Waals surface area contributed by atoms with E-state index in [-0.39, 0.29) is 5.91 Å². The number of rotatable bonds is 6. The number of thioether (sulfide) groups is 1. The lowest BCUT2D eigenvalue weighted by molar-refractivity contribution is -0.116. The van der Waals surface area contributed by atoms with E-state index in [1.165, 1.54) is 4.70 Å². The van der Waals surface area contributed by atoms with Gasteiger partial charge in [-0.25, -0.2) is 4.98 Å². The molecule has 118 valence electrons. The summed E-state index contributed by atoms with van der Waals surface area (Å²) in [7, 11) is 0. The largest absolute Gasteiger partial charge is 0.325 e. The van der Waals surface area contributed by atoms with Crippen LogP contribution in [0.3, 0.4) is 0 Å². The summed E-state index contributed by atoms with van der Waals surface area (Å²) in [5.41, 5.74) is 1.70. The SMILES string of the molecule is O=C(CCCSc1nc2ccccc2s1)Nc1ccccc1Cl. The summed E-state index contributed by atoms with van der Waals surface area (Å²) in [4.78, 5) is 16.5. The molecule has 6 heteroatoms. The van der Waals surface area contributed by atoms with Crippen molar-refractivity contribution in [3.8, 4) is 0 Å². The molecule has 2 aromatic carbocycles. The fourth-order valence-corrected chi connectivity index (χ4v) is 4.34. The van der Waals surface area contributed by atoms with Crippen LogP contribution in [0.2, 0.25) is 5.02 Å². The van der Waals surface area contributed by atoms with Crippen LogP contribution in [-0.2, 0) is 4.79 Å². The van der Waals surface area contributed by atoms with Crippen molar-refractivity contribution in [3.05, 3.63) is 53.6 Å². The monoisotopic (exact) mass is 362 g/mol. The molecule has 0 saturated carbocycles. The molecule has 0 atom stereocenters. The number of fused-ring (bicyclic) bond motifs is 1. The van der Waals surface area contributed by atoms with Gasteiger partial charge in [0.25, 0.3) is 0 Å². The van der Waals surface area contributed by atoms with Gasteiger partial charge in [0.05, 0.1) is 20.9 Å². The van der Waals surface area contributed by atoms with E-state index in [1.807, 2.05) is 30.3 Å². The van der Waals surface area contributed by atoms with Crippen molar-refractivity contribution in [2.75, 3.05) is 11.1 Å². The van der Waals surface area contributed by atoms with Gasteiger partial charge in [0.1, 0.15) is 0 Å². The van der Waals surface area contributed by atoms with Crippen LogP contribution in [0.15, 0.2) is 52.9 Å². The fraction of sp³-hybridized carbons (Fsp3) is 0.176. The standard InChI is InChI=1S/C17H15ClN2OS2/c18-12-6-1-2-7-13(12)19-16(21)10-5-11-22-17-20-14-8-3-4-9-15(14)23-17/h1-4,6-9H,5,10-11H2,(H,19,21). The van der Waals surface area contributed by atoms with Crippen LogP contribution in [0.4, 0.5) is 5.69 Å². The average molecular weight is 363 g/mol. The van der Waals surface area contributed by atoms with Crippen LogP contribution in [-0.4, -0.2) is 16.6 Å². The zero-order valence-electron chi connectivity index (χ0n) is 12.3. The van der Waals surface area contributed by atoms with E-state index in [2.05, 4.69) is 16.4 Å². The highest BCUT2D eigenvalue weighted by atomic mass is 35.5. The van der Waals surface area contributed by atoms with Crippen molar-refractivity contribution in [2.24, 2.45) is 0 Å². The van der Waals surface area contributed by atoms with E-state index in [4.69, 9.17) is 11.6 Å². The number of anilines is 1. The summed E-state index contributed by atoms with van der Waals surface area (Å²) in [6, 6.07) is 15.4. The third kappa shape index (κ3) is 4.47. The predicted molar refractivity (Wildman–Crippen MR) is 99.7 cm³/mol. The lowest BCUT2D eigenvalue weighted by Gasteiger charge is -2.06. The van der Waals surface area contributed by atoms with Crippen molar-refractivity contribution in [1.82, 2.24) is 4.98 Å². The lowest BCUT2D eigenvalue weighted by Crippen LogP contribution is -2.11. The van der Waals surface area contributed by atoms with Gasteiger partial charge in [0.2, 0.25) is 5.91 Å². The normalized spacial score (nSPS) is 10.8. The highest BCUT2D eigenvalue weighted by Crippen LogP contribution is 2.29. The molecule has 3 nitrogen and oxygen atoms in total. The molecule has 0 saturated heterocycles. The fourth-order valence-electron chi connectivity index (χ4n) is 2.08. The summed E-state index contributed by atoms with van der Waals surface area (Å²) in [5, 5.41) is 3.40. The lowest BCUT2D eigenvalue weighted by atomic mass is 10.3. The van der Waals surface area contributed by atoms with Crippen LogP contribution in [0.5, 0.6) is 0 Å². The molecule has 0 aliphatic carbocycles. The summed E-state index contributed by atoms with van der Waals surface area (Å²) < 4.78 is 2.25. The number of carbonyl (C=O) groups is 1. The molecule has 1 aromatic heterocycles. The van der Waals surface area contributed by atoms with Gasteiger partial charge in [-0.15, -0.1) is 11.3 Å². The molecule has 0 radical (unpaired) electrons. The number of halogens is 1. The highest BCUT2D eigenvalue weighted by molar-refractivity contribution is 8.01. The first-order chi connectivity index (χ1) is 11.2. The van der Waals surface area contributed by atoms with Gasteiger partial charge in [-0.3, -0.25) is 4.79 Å². The number of thiazole rings is 1. The van der Waals surface area contributed by atoms with Gasteiger partial charge in [0.15, 0.2) is 4.34 Å². The first-order valence-electron chi connectivity index (χ1n) is 7.25. The highest BCUT2D eigenvalue weighted by Gasteiger charge is 2.07. The van der Waals surface area contributed by atoms with Gasteiger partial charge in [-0.2, -0.15) is 0 Å². The van der Waals surface area contributed by atoms with Gasteiger partial charge >= 0.3 is 0 Å². The molecule has 1 amide bonds. The van der Waals surface area contributed by atoms with Gasteiger partial charge < -0.3 is 5.32 Å². The molecule has 0 aliphatic rings. The number of aromatic nitrogens is 1. The number of amides is 1. The first kappa shape index (κ1) is 16.3. The zero-order chi connectivity index (χ0) is 16.1. The molecule has 1 heterocycles. The molecule has 0 spiro atoms. The Morgan fingerprint density at radius 1 is 1.17 bits per heavy atom. The quantitative estimate of drug-likeness (QED) is 0.467. The Labute approximate surface area is 148 Å². The smallest absolute Gasteiger partial charge is 0.224 e. The minimum atomic E-state index is -0.0111. The number of hydrogen-bond donors (Lipinski definition) is 1. The Hall–Kier alpha value is -1.56. The van der Waals surface area contributed by atoms with Crippen molar-refractivity contribution in [2.45, 2.75) is 17.2 Å². The maximum absolute atomic E-state index is 11.9. The molecule has 0 bridgehead atoms. The van der Waals surface area contributed by atoms with Crippen molar-refractivity contribution in [1.29, 1.82) is 0 Å². The third-order valence-corrected chi connectivity index (χ3v) is 5.79. The molecule has 0 unspecified atom stereocenters. The Kier molecular flexibility index (Phi) is 5.54. The number of hydrogen-bond acceptors (Lipinski definition) is 4. The Bertz CT molecular complexity index is 786. The van der Waals surface area contributed by atoms with Gasteiger partial charge in [0, 0.05) is 12.2 Å². The predicted octanol–water partition coefficient (Wildman–Crippen LogP) is 5.46. The maximum atomic E-state index is 11.9. The van der Waals surface area contributed by atoms with E-state index in [9.17, 15) is 4.79 Å². The third-order valence-electron chi connectivity index (χ3n) is 3.20. The Morgan fingerprint density at radius 3 is 2.78 bits per heavy atom. The average Bonchev–Trinajstić information content (AvgIpc) is 2.96. The number of para-hydroxylation sites is 2. The minimum absolute atomic E-state index is 0.0111. The Balaban J connectivity index is 1.44. The van der Waals surface area contributed by atoms with Crippen LogP contribution >= 0.6 is 34.7 Å². The topological polar surface area (TPSA) is 42.0 Å². The minimum Gasteiger partial charge on any atom is -0.325 e. The summed E-state index contributed by atoms with van der Waals surface area (Å²) in [5.74, 6) is 0.860. The van der Waals surface area contributed by atoms with Crippen LogP contribution in [0, 0.1) is 0 Å². The molecule has 23 heavy (non-hydrogen) atoms. The molecule has 3 aromatic rings. The first-order valence-corrected chi connectivity index (χ1v) is 9.43. The van der Waals surface area contributed by atoms with Crippen molar-refractivity contribution in [3.63, 3.8) is 0 Å². The van der Waals surface area contributed by atoms with E-state index >= 15 is 0 Å². The van der Waals surface area contributed by atoms with E-state index in [0.29, 0.717) is 17.1 Å². The number of nitrogens with one attached hydrogen (secondary N) is 1. The molecule has 1 N–H and O–H groups in total. The summed E-state index contributed by atoms with van der Waals surface area (Å²) in [6.45, 7) is 0. The van der Waals surface area contributed by atoms with Crippen LogP contribution in [0.25, 0.3) is 10.2 Å². The zero-order valence-corrected chi connectivity index (χ0v) is 14.7. The second-order valence-electron chi connectivity index (χ2n) is 4.93. The second-order valence-corrected chi connectivity index (χ2v) is 7.71. The Morgan fingerprint density at radius 2 is 1.96 bits per heavy atom. The molecule has 0 fully saturated rings. The number of benzene rings is 2. The maximum Gasteiger partial charge on any atom is 0.224 e. The van der Waals surface area contributed by atoms with E-state index in [0.717, 1.165) is 22.0 Å². The molecular weight excluding hydrogens is 348 g/mol. The summed E-state index contributed by atoms with van der Waals surface area (Å²) >= 11 is 9.42.